The van der Waals surface area contributed by atoms with Crippen LogP contribution in [0.2, 0.25) is 0 Å². The Morgan fingerprint density at radius 1 is 0.935 bits per heavy atom. The number of alkyl halides is 3. The molecule has 3 aromatic rings. The lowest BCUT2D eigenvalue weighted by Gasteiger charge is -2.24. The molecule has 3 aromatic carbocycles. The van der Waals surface area contributed by atoms with Crippen LogP contribution in [0, 0.1) is 0 Å². The quantitative estimate of drug-likeness (QED) is 0.561. The van der Waals surface area contributed by atoms with Crippen molar-refractivity contribution in [1.82, 2.24) is 0 Å². The molecule has 1 fully saturated rings. The maximum atomic E-state index is 12.7. The van der Waals surface area contributed by atoms with Crippen molar-refractivity contribution in [2.24, 2.45) is 0 Å². The first kappa shape index (κ1) is 21.0. The van der Waals surface area contributed by atoms with E-state index in [1.165, 1.54) is 11.8 Å². The van der Waals surface area contributed by atoms with Gasteiger partial charge in [-0.25, -0.2) is 0 Å². The van der Waals surface area contributed by atoms with Crippen molar-refractivity contribution < 1.29 is 22.8 Å². The van der Waals surface area contributed by atoms with Crippen molar-refractivity contribution in [1.29, 1.82) is 0 Å². The fourth-order valence-electron chi connectivity index (χ4n) is 3.28. The molecule has 4 rings (SSSR count). The number of benzene rings is 3. The van der Waals surface area contributed by atoms with Crippen LogP contribution in [-0.4, -0.2) is 17.6 Å². The highest BCUT2D eigenvalue weighted by Crippen LogP contribution is 2.41. The fourth-order valence-corrected chi connectivity index (χ4v) is 4.46. The average molecular weight is 442 g/mol. The third kappa shape index (κ3) is 4.59. The van der Waals surface area contributed by atoms with Crippen molar-refractivity contribution in [2.45, 2.75) is 11.6 Å². The molecule has 1 N–H and O–H groups in total. The van der Waals surface area contributed by atoms with E-state index in [0.717, 1.165) is 35.5 Å². The summed E-state index contributed by atoms with van der Waals surface area (Å²) in [5, 5.41) is 2.51. The second kappa shape index (κ2) is 8.47. The number of nitrogens with zero attached hydrogens (tertiary/aromatic N) is 1. The largest absolute Gasteiger partial charge is 0.416 e. The molecule has 1 aliphatic heterocycles. The molecule has 0 aromatic heterocycles. The van der Waals surface area contributed by atoms with Crippen molar-refractivity contribution in [3.63, 3.8) is 0 Å². The Balaban J connectivity index is 1.47. The van der Waals surface area contributed by atoms with Crippen molar-refractivity contribution in [3.8, 4) is 0 Å². The number of anilines is 2. The molecule has 1 saturated heterocycles. The minimum Gasteiger partial charge on any atom is -0.322 e. The number of rotatable bonds is 4. The van der Waals surface area contributed by atoms with Crippen LogP contribution >= 0.6 is 11.8 Å². The lowest BCUT2D eigenvalue weighted by Crippen LogP contribution is -2.27. The Hall–Kier alpha value is -3.26. The second-order valence-corrected chi connectivity index (χ2v) is 7.98. The van der Waals surface area contributed by atoms with Gasteiger partial charge in [-0.2, -0.15) is 13.2 Å². The molecule has 8 heteroatoms. The summed E-state index contributed by atoms with van der Waals surface area (Å²) in [7, 11) is 0. The molecular formula is C23H17F3N2O2S. The summed E-state index contributed by atoms with van der Waals surface area (Å²) in [5.74, 6) is -0.0925. The zero-order chi connectivity index (χ0) is 22.0. The number of nitrogens with one attached hydrogen (secondary N) is 1. The van der Waals surface area contributed by atoms with Gasteiger partial charge in [0.15, 0.2) is 0 Å². The molecule has 2 amide bonds. The first-order valence-corrected chi connectivity index (χ1v) is 10.4. The fraction of sp³-hybridized carbons (Fsp3) is 0.130. The molecule has 158 valence electrons. The molecule has 1 atom stereocenters. The molecule has 0 aliphatic carbocycles. The van der Waals surface area contributed by atoms with Crippen LogP contribution in [0.25, 0.3) is 0 Å². The van der Waals surface area contributed by atoms with Gasteiger partial charge in [0.2, 0.25) is 5.91 Å². The zero-order valence-corrected chi connectivity index (χ0v) is 16.9. The normalized spacial score (nSPS) is 16.4. The number of carbonyl (C=O) groups is 2. The third-order valence-electron chi connectivity index (χ3n) is 4.83. The molecule has 0 bridgehead atoms. The lowest BCUT2D eigenvalue weighted by molar-refractivity contribution is -0.137. The van der Waals surface area contributed by atoms with E-state index in [-0.39, 0.29) is 16.8 Å². The van der Waals surface area contributed by atoms with E-state index < -0.39 is 17.6 Å². The second-order valence-electron chi connectivity index (χ2n) is 6.91. The third-order valence-corrected chi connectivity index (χ3v) is 6.04. The van der Waals surface area contributed by atoms with Gasteiger partial charge in [0.25, 0.3) is 5.91 Å². The van der Waals surface area contributed by atoms with Crippen LogP contribution < -0.4 is 10.2 Å². The number of para-hydroxylation sites is 1. The Morgan fingerprint density at radius 3 is 2.19 bits per heavy atom. The van der Waals surface area contributed by atoms with Gasteiger partial charge in [-0.1, -0.05) is 30.3 Å². The van der Waals surface area contributed by atoms with Gasteiger partial charge < -0.3 is 5.32 Å². The standard InChI is InChI=1S/C23H17F3N2O2S/c24-23(25,26)17-10-6-15(7-11-17)21(30)27-18-12-8-16(9-13-18)22-28(20(29)14-31-22)19-4-2-1-3-5-19/h1-13,22H,14H2,(H,27,30). The highest BCUT2D eigenvalue weighted by Gasteiger charge is 2.34. The van der Waals surface area contributed by atoms with Gasteiger partial charge in [-0.15, -0.1) is 11.8 Å². The van der Waals surface area contributed by atoms with Gasteiger partial charge in [0.05, 0.1) is 11.3 Å². The summed E-state index contributed by atoms with van der Waals surface area (Å²) in [6.45, 7) is 0. The van der Waals surface area contributed by atoms with E-state index in [4.69, 9.17) is 0 Å². The molecular weight excluding hydrogens is 425 g/mol. The van der Waals surface area contributed by atoms with E-state index in [1.54, 1.807) is 17.0 Å². The van der Waals surface area contributed by atoms with Crippen LogP contribution in [0.3, 0.4) is 0 Å². The highest BCUT2D eigenvalue weighted by atomic mass is 32.2. The predicted octanol–water partition coefficient (Wildman–Crippen LogP) is 5.74. The number of amides is 2. The number of hydrogen-bond donors (Lipinski definition) is 1. The molecule has 0 saturated carbocycles. The summed E-state index contributed by atoms with van der Waals surface area (Å²) in [5.41, 5.74) is 1.56. The summed E-state index contributed by atoms with van der Waals surface area (Å²) >= 11 is 1.52. The number of thioether (sulfide) groups is 1. The lowest BCUT2D eigenvalue weighted by atomic mass is 10.1. The number of carbonyl (C=O) groups excluding carboxylic acids is 2. The van der Waals surface area contributed by atoms with E-state index in [0.29, 0.717) is 11.4 Å². The molecule has 0 radical (unpaired) electrons. The summed E-state index contributed by atoms with van der Waals surface area (Å²) < 4.78 is 38.0. The van der Waals surface area contributed by atoms with E-state index in [2.05, 4.69) is 5.32 Å². The van der Waals surface area contributed by atoms with Crippen LogP contribution in [0.1, 0.15) is 26.9 Å². The van der Waals surface area contributed by atoms with Crippen LogP contribution in [0.5, 0.6) is 0 Å². The monoisotopic (exact) mass is 442 g/mol. The Kier molecular flexibility index (Phi) is 5.73. The Labute approximate surface area is 181 Å². The minimum absolute atomic E-state index is 0.0286. The predicted molar refractivity (Wildman–Crippen MR) is 115 cm³/mol. The van der Waals surface area contributed by atoms with Gasteiger partial charge >= 0.3 is 6.18 Å². The van der Waals surface area contributed by atoms with Gasteiger partial charge in [-0.05, 0) is 54.1 Å². The maximum Gasteiger partial charge on any atom is 0.416 e. The molecule has 1 aliphatic rings. The van der Waals surface area contributed by atoms with Gasteiger partial charge in [0, 0.05) is 16.9 Å². The summed E-state index contributed by atoms with van der Waals surface area (Å²) in [4.78, 5) is 26.5. The first-order valence-electron chi connectivity index (χ1n) is 9.40. The topological polar surface area (TPSA) is 49.4 Å². The molecule has 31 heavy (non-hydrogen) atoms. The Morgan fingerprint density at radius 2 is 1.58 bits per heavy atom. The van der Waals surface area contributed by atoms with Crippen LogP contribution in [0.4, 0.5) is 24.5 Å². The highest BCUT2D eigenvalue weighted by molar-refractivity contribution is 8.00. The molecule has 1 heterocycles. The minimum atomic E-state index is -4.45. The van der Waals surface area contributed by atoms with Crippen molar-refractivity contribution >= 4 is 35.0 Å². The number of halogens is 3. The van der Waals surface area contributed by atoms with E-state index in [9.17, 15) is 22.8 Å². The number of hydrogen-bond acceptors (Lipinski definition) is 3. The average Bonchev–Trinajstić information content (AvgIpc) is 3.15. The molecule has 4 nitrogen and oxygen atoms in total. The van der Waals surface area contributed by atoms with Gasteiger partial charge in [0.1, 0.15) is 5.37 Å². The zero-order valence-electron chi connectivity index (χ0n) is 16.1. The van der Waals surface area contributed by atoms with E-state index >= 15 is 0 Å². The van der Waals surface area contributed by atoms with Crippen molar-refractivity contribution in [2.75, 3.05) is 16.0 Å². The Bertz CT molecular complexity index is 1080. The molecule has 0 spiro atoms. The first-order chi connectivity index (χ1) is 14.8. The summed E-state index contributed by atoms with van der Waals surface area (Å²) in [6, 6.07) is 20.5. The van der Waals surface area contributed by atoms with Gasteiger partial charge in [-0.3, -0.25) is 14.5 Å². The van der Waals surface area contributed by atoms with E-state index in [1.807, 2.05) is 42.5 Å². The van der Waals surface area contributed by atoms with Crippen LogP contribution in [0.15, 0.2) is 78.9 Å². The smallest absolute Gasteiger partial charge is 0.322 e. The SMILES string of the molecule is O=C(Nc1ccc(C2SCC(=O)N2c2ccccc2)cc1)c1ccc(C(F)(F)F)cc1. The molecule has 1 unspecified atom stereocenters. The summed E-state index contributed by atoms with van der Waals surface area (Å²) in [6.07, 6.45) is -4.45. The van der Waals surface area contributed by atoms with Crippen LogP contribution in [-0.2, 0) is 11.0 Å². The maximum absolute atomic E-state index is 12.7. The van der Waals surface area contributed by atoms with Crippen molar-refractivity contribution in [3.05, 3.63) is 95.6 Å².